The smallest absolute Gasteiger partial charge is 0.110 e. The van der Waals surface area contributed by atoms with Gasteiger partial charge in [-0.2, -0.15) is 5.26 Å². The van der Waals surface area contributed by atoms with Crippen molar-refractivity contribution >= 4 is 0 Å². The number of nitriles is 1. The Morgan fingerprint density at radius 3 is 2.47 bits per heavy atom. The lowest BCUT2D eigenvalue weighted by Gasteiger charge is -2.31. The molecule has 3 atom stereocenters. The van der Waals surface area contributed by atoms with Crippen molar-refractivity contribution in [3.63, 3.8) is 0 Å². The van der Waals surface area contributed by atoms with Crippen LogP contribution >= 0.6 is 0 Å². The van der Waals surface area contributed by atoms with Crippen molar-refractivity contribution in [1.29, 1.82) is 5.26 Å². The summed E-state index contributed by atoms with van der Waals surface area (Å²) >= 11 is 0. The monoisotopic (exact) mass is 208 g/mol. The van der Waals surface area contributed by atoms with Gasteiger partial charge in [0.1, 0.15) is 5.54 Å². The van der Waals surface area contributed by atoms with Gasteiger partial charge in [-0.3, -0.25) is 5.32 Å². The Hall–Kier alpha value is -0.550. The molecule has 0 spiro atoms. The second-order valence-corrected chi connectivity index (χ2v) is 5.98. The summed E-state index contributed by atoms with van der Waals surface area (Å²) in [4.78, 5) is 0. The molecule has 1 fully saturated rings. The summed E-state index contributed by atoms with van der Waals surface area (Å²) in [6, 6.07) is 2.97. The molecule has 1 aliphatic rings. The van der Waals surface area contributed by atoms with Crippen molar-refractivity contribution in [2.75, 3.05) is 0 Å². The highest BCUT2D eigenvalue weighted by Crippen LogP contribution is 2.47. The standard InChI is InChI=1S/C13H24N2/c1-6-11(3)15-13(9-14)8-12(4,5)7-10(13)2/h10-11,15H,6-8H2,1-5H3. The zero-order chi connectivity index (χ0) is 11.7. The molecule has 0 heterocycles. The van der Waals surface area contributed by atoms with Crippen LogP contribution in [0, 0.1) is 22.7 Å². The van der Waals surface area contributed by atoms with Crippen molar-refractivity contribution in [1.82, 2.24) is 5.32 Å². The summed E-state index contributed by atoms with van der Waals surface area (Å²) in [5, 5.41) is 13.0. The molecule has 3 unspecified atom stereocenters. The molecular weight excluding hydrogens is 184 g/mol. The molecule has 0 saturated heterocycles. The summed E-state index contributed by atoms with van der Waals surface area (Å²) in [5.41, 5.74) is 0.00847. The Kier molecular flexibility index (Phi) is 3.45. The Labute approximate surface area is 94.1 Å². The number of nitrogens with zero attached hydrogens (tertiary/aromatic N) is 1. The van der Waals surface area contributed by atoms with Crippen molar-refractivity contribution in [2.45, 2.75) is 65.5 Å². The zero-order valence-corrected chi connectivity index (χ0v) is 10.7. The van der Waals surface area contributed by atoms with E-state index in [1.807, 2.05) is 0 Å². The summed E-state index contributed by atoms with van der Waals surface area (Å²) in [6.07, 6.45) is 3.20. The molecule has 2 heteroatoms. The van der Waals surface area contributed by atoms with Gasteiger partial charge < -0.3 is 0 Å². The topological polar surface area (TPSA) is 35.8 Å². The third kappa shape index (κ3) is 2.52. The first kappa shape index (κ1) is 12.5. The van der Waals surface area contributed by atoms with Gasteiger partial charge >= 0.3 is 0 Å². The van der Waals surface area contributed by atoms with Gasteiger partial charge in [0.05, 0.1) is 6.07 Å². The molecular formula is C13H24N2. The molecule has 1 rings (SSSR count). The Morgan fingerprint density at radius 2 is 2.13 bits per heavy atom. The lowest BCUT2D eigenvalue weighted by Crippen LogP contribution is -2.50. The van der Waals surface area contributed by atoms with Crippen LogP contribution in [0.3, 0.4) is 0 Å². The summed E-state index contributed by atoms with van der Waals surface area (Å²) < 4.78 is 0. The largest absolute Gasteiger partial charge is 0.297 e. The van der Waals surface area contributed by atoms with E-state index in [9.17, 15) is 5.26 Å². The average molecular weight is 208 g/mol. The van der Waals surface area contributed by atoms with Crippen molar-refractivity contribution in [3.8, 4) is 6.07 Å². The van der Waals surface area contributed by atoms with Gasteiger partial charge in [0, 0.05) is 6.04 Å². The molecule has 0 aromatic rings. The fourth-order valence-electron chi connectivity index (χ4n) is 2.92. The van der Waals surface area contributed by atoms with E-state index in [2.05, 4.69) is 46.0 Å². The maximum Gasteiger partial charge on any atom is 0.110 e. The summed E-state index contributed by atoms with van der Waals surface area (Å²) in [7, 11) is 0. The molecule has 86 valence electrons. The third-order valence-electron chi connectivity index (χ3n) is 3.77. The van der Waals surface area contributed by atoms with Gasteiger partial charge in [0.25, 0.3) is 0 Å². The lowest BCUT2D eigenvalue weighted by molar-refractivity contribution is 0.289. The molecule has 2 nitrogen and oxygen atoms in total. The van der Waals surface area contributed by atoms with Crippen LogP contribution in [0.1, 0.15) is 53.9 Å². The first-order chi connectivity index (χ1) is 6.85. The molecule has 0 bridgehead atoms. The predicted octanol–water partition coefficient (Wildman–Crippen LogP) is 3.09. The fourth-order valence-corrected chi connectivity index (χ4v) is 2.92. The van der Waals surface area contributed by atoms with Gasteiger partial charge in [-0.1, -0.05) is 27.7 Å². The minimum absolute atomic E-state index is 0.293. The number of hydrogen-bond acceptors (Lipinski definition) is 2. The fraction of sp³-hybridized carbons (Fsp3) is 0.923. The van der Waals surface area contributed by atoms with Crippen LogP contribution in [-0.2, 0) is 0 Å². The van der Waals surface area contributed by atoms with E-state index in [1.54, 1.807) is 0 Å². The quantitative estimate of drug-likeness (QED) is 0.773. The first-order valence-corrected chi connectivity index (χ1v) is 6.04. The van der Waals surface area contributed by atoms with Crippen LogP contribution < -0.4 is 5.32 Å². The second-order valence-electron chi connectivity index (χ2n) is 5.98. The highest BCUT2D eigenvalue weighted by atomic mass is 15.0. The van der Waals surface area contributed by atoms with Crippen molar-refractivity contribution in [3.05, 3.63) is 0 Å². The van der Waals surface area contributed by atoms with E-state index >= 15 is 0 Å². The minimum Gasteiger partial charge on any atom is -0.297 e. The maximum absolute atomic E-state index is 9.45. The van der Waals surface area contributed by atoms with E-state index in [4.69, 9.17) is 0 Å². The molecule has 0 aromatic carbocycles. The van der Waals surface area contributed by atoms with Crippen LogP contribution in [0.2, 0.25) is 0 Å². The highest BCUT2D eigenvalue weighted by molar-refractivity contribution is 5.17. The minimum atomic E-state index is -0.293. The van der Waals surface area contributed by atoms with E-state index in [-0.39, 0.29) is 5.54 Å². The molecule has 1 N–H and O–H groups in total. The van der Waals surface area contributed by atoms with Gasteiger partial charge in [0.2, 0.25) is 0 Å². The second kappa shape index (κ2) is 4.14. The van der Waals surface area contributed by atoms with E-state index < -0.39 is 0 Å². The van der Waals surface area contributed by atoms with Gasteiger partial charge in [-0.15, -0.1) is 0 Å². The Morgan fingerprint density at radius 1 is 1.53 bits per heavy atom. The number of rotatable bonds is 3. The summed E-state index contributed by atoms with van der Waals surface area (Å²) in [5.74, 6) is 0.450. The van der Waals surface area contributed by atoms with E-state index in [1.165, 1.54) is 0 Å². The van der Waals surface area contributed by atoms with E-state index in [0.717, 1.165) is 19.3 Å². The molecule has 0 amide bonds. The number of hydrogen-bond donors (Lipinski definition) is 1. The molecule has 15 heavy (non-hydrogen) atoms. The normalized spacial score (nSPS) is 36.1. The third-order valence-corrected chi connectivity index (χ3v) is 3.77. The van der Waals surface area contributed by atoms with Gasteiger partial charge in [0.15, 0.2) is 0 Å². The summed E-state index contributed by atoms with van der Waals surface area (Å²) in [6.45, 7) is 11.1. The predicted molar refractivity (Wildman–Crippen MR) is 63.4 cm³/mol. The average Bonchev–Trinajstić information content (AvgIpc) is 2.36. The van der Waals surface area contributed by atoms with Crippen molar-refractivity contribution < 1.29 is 0 Å². The SMILES string of the molecule is CCC(C)NC1(C#N)CC(C)(C)CC1C. The molecule has 1 aliphatic carbocycles. The van der Waals surface area contributed by atoms with Crippen LogP contribution in [0.5, 0.6) is 0 Å². The maximum atomic E-state index is 9.45. The van der Waals surface area contributed by atoms with Gasteiger partial charge in [-0.25, -0.2) is 0 Å². The number of nitrogens with one attached hydrogen (secondary N) is 1. The molecule has 0 radical (unpaired) electrons. The molecule has 1 saturated carbocycles. The molecule has 0 aliphatic heterocycles. The first-order valence-electron chi connectivity index (χ1n) is 6.04. The van der Waals surface area contributed by atoms with Crippen LogP contribution in [-0.4, -0.2) is 11.6 Å². The Bertz CT molecular complexity index is 264. The van der Waals surface area contributed by atoms with Gasteiger partial charge in [-0.05, 0) is 37.5 Å². The van der Waals surface area contributed by atoms with Crippen LogP contribution in [0.25, 0.3) is 0 Å². The van der Waals surface area contributed by atoms with Crippen LogP contribution in [0.15, 0.2) is 0 Å². The zero-order valence-electron chi connectivity index (χ0n) is 10.7. The highest BCUT2D eigenvalue weighted by Gasteiger charge is 2.49. The Balaban J connectivity index is 2.83. The lowest BCUT2D eigenvalue weighted by atomic mass is 9.87. The van der Waals surface area contributed by atoms with Crippen molar-refractivity contribution in [2.24, 2.45) is 11.3 Å². The van der Waals surface area contributed by atoms with E-state index in [0.29, 0.717) is 17.4 Å². The van der Waals surface area contributed by atoms with Crippen LogP contribution in [0.4, 0.5) is 0 Å². The molecule has 0 aromatic heterocycles.